The summed E-state index contributed by atoms with van der Waals surface area (Å²) >= 11 is 0. The van der Waals surface area contributed by atoms with Crippen molar-refractivity contribution in [1.29, 1.82) is 0 Å². The lowest BCUT2D eigenvalue weighted by molar-refractivity contribution is -0.154. The second-order valence-electron chi connectivity index (χ2n) is 7.99. The van der Waals surface area contributed by atoms with E-state index in [1.807, 2.05) is 0 Å². The topological polar surface area (TPSA) is 30.9 Å². The van der Waals surface area contributed by atoms with Gasteiger partial charge in [0, 0.05) is 18.6 Å². The molecule has 1 unspecified atom stereocenters. The lowest BCUT2D eigenvalue weighted by atomic mass is 9.89. The van der Waals surface area contributed by atoms with Crippen molar-refractivity contribution in [3.8, 4) is 0 Å². The maximum Gasteiger partial charge on any atom is 0.0628 e. The van der Waals surface area contributed by atoms with E-state index in [0.29, 0.717) is 42.6 Å². The Balaban J connectivity index is 1.68. The van der Waals surface area contributed by atoms with Gasteiger partial charge in [-0.3, -0.25) is 4.90 Å². The zero-order valence-electron chi connectivity index (χ0n) is 16.0. The minimum Gasteiger partial charge on any atom is -0.377 e. The van der Waals surface area contributed by atoms with Crippen molar-refractivity contribution in [1.82, 2.24) is 4.90 Å². The minimum atomic E-state index is 0.320. The number of nitrogens with zero attached hydrogens (tertiary/aromatic N) is 1. The van der Waals surface area contributed by atoms with E-state index in [9.17, 15) is 0 Å². The Labute approximate surface area is 142 Å². The molecule has 4 nitrogen and oxygen atoms in total. The zero-order valence-corrected chi connectivity index (χ0v) is 16.0. The molecule has 2 fully saturated rings. The first kappa shape index (κ1) is 19.2. The summed E-state index contributed by atoms with van der Waals surface area (Å²) in [7, 11) is 0. The van der Waals surface area contributed by atoms with Crippen molar-refractivity contribution in [3.63, 3.8) is 0 Å². The molecule has 1 aliphatic carbocycles. The van der Waals surface area contributed by atoms with Crippen LogP contribution in [0.1, 0.15) is 67.2 Å². The van der Waals surface area contributed by atoms with Gasteiger partial charge in [0.25, 0.3) is 0 Å². The van der Waals surface area contributed by atoms with E-state index in [2.05, 4.69) is 46.4 Å². The number of ether oxygens (including phenoxy) is 3. The lowest BCUT2D eigenvalue weighted by Gasteiger charge is -2.45. The SMILES string of the molecule is CC(C)OCCN1[C@H](C)CC(O[C@H]2C[C@H](OC(C)C)C2)C[C@@H]1C. The highest BCUT2D eigenvalue weighted by Gasteiger charge is 2.37. The Morgan fingerprint density at radius 3 is 1.91 bits per heavy atom. The van der Waals surface area contributed by atoms with Gasteiger partial charge < -0.3 is 14.2 Å². The van der Waals surface area contributed by atoms with Gasteiger partial charge in [-0.05, 0) is 67.2 Å². The molecule has 1 aliphatic heterocycles. The summed E-state index contributed by atoms with van der Waals surface area (Å²) in [5, 5.41) is 0. The van der Waals surface area contributed by atoms with Gasteiger partial charge in [0.05, 0.1) is 37.1 Å². The van der Waals surface area contributed by atoms with Crippen molar-refractivity contribution in [2.75, 3.05) is 13.2 Å². The molecule has 1 saturated heterocycles. The molecule has 4 heteroatoms. The molecule has 1 heterocycles. The summed E-state index contributed by atoms with van der Waals surface area (Å²) in [6.07, 6.45) is 6.32. The first-order valence-electron chi connectivity index (χ1n) is 9.53. The molecule has 0 aromatic rings. The fourth-order valence-corrected chi connectivity index (χ4v) is 3.90. The van der Waals surface area contributed by atoms with E-state index in [1.165, 1.54) is 0 Å². The summed E-state index contributed by atoms with van der Waals surface area (Å²) in [6.45, 7) is 14.9. The van der Waals surface area contributed by atoms with Crippen LogP contribution in [0.4, 0.5) is 0 Å². The Kier molecular flexibility index (Phi) is 7.33. The van der Waals surface area contributed by atoms with E-state index < -0.39 is 0 Å². The van der Waals surface area contributed by atoms with Gasteiger partial charge in [-0.15, -0.1) is 0 Å². The Bertz CT molecular complexity index is 330. The third-order valence-electron chi connectivity index (χ3n) is 5.04. The van der Waals surface area contributed by atoms with E-state index in [1.54, 1.807) is 0 Å². The Hall–Kier alpha value is -0.160. The molecule has 0 aromatic carbocycles. The van der Waals surface area contributed by atoms with Gasteiger partial charge in [0.2, 0.25) is 0 Å². The van der Waals surface area contributed by atoms with E-state index in [4.69, 9.17) is 14.2 Å². The largest absolute Gasteiger partial charge is 0.377 e. The molecule has 0 N–H and O–H groups in total. The molecule has 136 valence electrons. The van der Waals surface area contributed by atoms with Crippen LogP contribution in [-0.2, 0) is 14.2 Å². The first-order valence-corrected chi connectivity index (χ1v) is 9.53. The maximum atomic E-state index is 6.33. The molecular formula is C19H37NO3. The third-order valence-corrected chi connectivity index (χ3v) is 5.04. The first-order chi connectivity index (χ1) is 10.8. The zero-order chi connectivity index (χ0) is 17.0. The predicted octanol–water partition coefficient (Wildman–Crippen LogP) is 3.63. The highest BCUT2D eigenvalue weighted by Crippen LogP contribution is 2.32. The van der Waals surface area contributed by atoms with Gasteiger partial charge in [0.15, 0.2) is 0 Å². The van der Waals surface area contributed by atoms with E-state index in [-0.39, 0.29) is 0 Å². The molecule has 0 amide bonds. The fraction of sp³-hybridized carbons (Fsp3) is 1.00. The van der Waals surface area contributed by atoms with E-state index >= 15 is 0 Å². The summed E-state index contributed by atoms with van der Waals surface area (Å²) in [4.78, 5) is 2.58. The second-order valence-corrected chi connectivity index (χ2v) is 7.99. The second kappa shape index (κ2) is 8.80. The lowest BCUT2D eigenvalue weighted by Crippen LogP contribution is -2.51. The van der Waals surface area contributed by atoms with Crippen LogP contribution in [0.25, 0.3) is 0 Å². The molecule has 2 rings (SSSR count). The number of piperidine rings is 1. The number of rotatable bonds is 8. The smallest absolute Gasteiger partial charge is 0.0628 e. The molecule has 0 spiro atoms. The molecule has 0 radical (unpaired) electrons. The molecule has 3 atom stereocenters. The van der Waals surface area contributed by atoms with Crippen LogP contribution in [0.2, 0.25) is 0 Å². The van der Waals surface area contributed by atoms with Crippen molar-refractivity contribution in [3.05, 3.63) is 0 Å². The standard InChI is InChI=1S/C19H37NO3/c1-13(2)21-8-7-20-15(5)9-17(10-16(20)6)23-19-11-18(12-19)22-14(3)4/h13-19H,7-12H2,1-6H3/t15-,16+,17?,18-,19-. The van der Waals surface area contributed by atoms with E-state index in [0.717, 1.165) is 38.8 Å². The monoisotopic (exact) mass is 327 g/mol. The van der Waals surface area contributed by atoms with Crippen molar-refractivity contribution < 1.29 is 14.2 Å². The van der Waals surface area contributed by atoms with Crippen LogP contribution in [0, 0.1) is 0 Å². The molecular weight excluding hydrogens is 290 g/mol. The number of likely N-dealkylation sites (tertiary alicyclic amines) is 1. The molecule has 0 aromatic heterocycles. The van der Waals surface area contributed by atoms with Crippen LogP contribution >= 0.6 is 0 Å². The van der Waals surface area contributed by atoms with Crippen LogP contribution in [-0.4, -0.2) is 60.7 Å². The van der Waals surface area contributed by atoms with Crippen molar-refractivity contribution >= 4 is 0 Å². The average molecular weight is 328 g/mol. The van der Waals surface area contributed by atoms with Gasteiger partial charge in [-0.25, -0.2) is 0 Å². The van der Waals surface area contributed by atoms with Gasteiger partial charge >= 0.3 is 0 Å². The van der Waals surface area contributed by atoms with Crippen molar-refractivity contribution in [2.45, 2.75) is 110 Å². The van der Waals surface area contributed by atoms with Crippen LogP contribution in [0.5, 0.6) is 0 Å². The summed E-state index contributed by atoms with van der Waals surface area (Å²) in [5.41, 5.74) is 0. The summed E-state index contributed by atoms with van der Waals surface area (Å²) in [5.74, 6) is 0. The van der Waals surface area contributed by atoms with Gasteiger partial charge in [-0.2, -0.15) is 0 Å². The fourth-order valence-electron chi connectivity index (χ4n) is 3.90. The maximum absolute atomic E-state index is 6.33. The molecule has 1 saturated carbocycles. The van der Waals surface area contributed by atoms with Gasteiger partial charge in [-0.1, -0.05) is 0 Å². The number of hydrogen-bond acceptors (Lipinski definition) is 4. The number of hydrogen-bond donors (Lipinski definition) is 0. The summed E-state index contributed by atoms with van der Waals surface area (Å²) < 4.78 is 17.9. The normalized spacial score (nSPS) is 35.7. The molecule has 2 aliphatic rings. The summed E-state index contributed by atoms with van der Waals surface area (Å²) in [6, 6.07) is 1.14. The van der Waals surface area contributed by atoms with Crippen LogP contribution in [0.15, 0.2) is 0 Å². The van der Waals surface area contributed by atoms with Crippen LogP contribution in [0.3, 0.4) is 0 Å². The van der Waals surface area contributed by atoms with Crippen LogP contribution < -0.4 is 0 Å². The highest BCUT2D eigenvalue weighted by molar-refractivity contribution is 4.88. The quantitative estimate of drug-likeness (QED) is 0.681. The third kappa shape index (κ3) is 6.00. The minimum absolute atomic E-state index is 0.320. The molecule has 23 heavy (non-hydrogen) atoms. The van der Waals surface area contributed by atoms with Crippen molar-refractivity contribution in [2.24, 2.45) is 0 Å². The Morgan fingerprint density at radius 2 is 1.39 bits per heavy atom. The van der Waals surface area contributed by atoms with Gasteiger partial charge in [0.1, 0.15) is 0 Å². The average Bonchev–Trinajstić information content (AvgIpc) is 2.38. The highest BCUT2D eigenvalue weighted by atomic mass is 16.5. The predicted molar refractivity (Wildman–Crippen MR) is 93.9 cm³/mol. The Morgan fingerprint density at radius 1 is 0.826 bits per heavy atom. The molecule has 0 bridgehead atoms.